The number of pyridine rings is 1. The zero-order valence-corrected chi connectivity index (χ0v) is 23.2. The zero-order chi connectivity index (χ0) is 24.9. The topological polar surface area (TPSA) is 51.8 Å². The van der Waals surface area contributed by atoms with Crippen LogP contribution in [0.3, 0.4) is 0 Å². The van der Waals surface area contributed by atoms with Crippen molar-refractivity contribution in [3.05, 3.63) is 126 Å². The van der Waals surface area contributed by atoms with E-state index < -0.39 is 0 Å². The number of rotatable bonds is 3. The van der Waals surface area contributed by atoms with Crippen molar-refractivity contribution in [2.75, 3.05) is 0 Å². The summed E-state index contributed by atoms with van der Waals surface area (Å²) in [5.41, 5.74) is 8.91. The Balaban J connectivity index is 0.000000195. The number of furan rings is 1. The molecule has 0 unspecified atom stereocenters. The molecule has 3 heterocycles. The summed E-state index contributed by atoms with van der Waals surface area (Å²) in [5, 5.41) is 0.966. The van der Waals surface area contributed by atoms with Crippen molar-refractivity contribution >= 4 is 11.1 Å². The molecule has 0 aliphatic carbocycles. The fraction of sp³-hybridized carbons (Fsp3) is 0.0938. The molecular formula is C32H25IrN3O-2. The van der Waals surface area contributed by atoms with Gasteiger partial charge in [0.1, 0.15) is 12.1 Å². The molecular weight excluding hydrogens is 635 g/mol. The van der Waals surface area contributed by atoms with E-state index in [1.807, 2.05) is 93.6 Å². The minimum Gasteiger partial charge on any atom is -0.444 e. The first kappa shape index (κ1) is 26.2. The van der Waals surface area contributed by atoms with Gasteiger partial charge in [0.25, 0.3) is 0 Å². The summed E-state index contributed by atoms with van der Waals surface area (Å²) >= 11 is 0. The summed E-state index contributed by atoms with van der Waals surface area (Å²) in [4.78, 5) is 13.1. The smallest absolute Gasteiger partial charge is 0.220 e. The molecule has 0 N–H and O–H groups in total. The van der Waals surface area contributed by atoms with Crippen LogP contribution in [0.1, 0.15) is 17.0 Å². The van der Waals surface area contributed by atoms with Gasteiger partial charge in [-0.2, -0.15) is 0 Å². The van der Waals surface area contributed by atoms with E-state index in [0.29, 0.717) is 5.71 Å². The molecule has 3 aromatic heterocycles. The summed E-state index contributed by atoms with van der Waals surface area (Å²) in [6.07, 6.45) is 1.54. The summed E-state index contributed by atoms with van der Waals surface area (Å²) in [7, 11) is 0. The number of hydrogen-bond acceptors (Lipinski definition) is 4. The number of benzene rings is 3. The van der Waals surface area contributed by atoms with Crippen LogP contribution >= 0.6 is 0 Å². The normalized spacial score (nSPS) is 10.4. The van der Waals surface area contributed by atoms with E-state index in [1.165, 1.54) is 5.56 Å². The van der Waals surface area contributed by atoms with Crippen LogP contribution in [0, 0.1) is 32.9 Å². The molecule has 3 aromatic carbocycles. The summed E-state index contributed by atoms with van der Waals surface area (Å²) in [6, 6.07) is 36.8. The van der Waals surface area contributed by atoms with E-state index in [4.69, 9.17) is 4.42 Å². The number of aryl methyl sites for hydroxylation is 3. The first-order valence-corrected chi connectivity index (χ1v) is 11.8. The van der Waals surface area contributed by atoms with Gasteiger partial charge in [0.2, 0.25) is 5.71 Å². The van der Waals surface area contributed by atoms with E-state index in [2.05, 4.69) is 45.3 Å². The largest absolute Gasteiger partial charge is 0.444 e. The van der Waals surface area contributed by atoms with Gasteiger partial charge in [-0.25, -0.2) is 4.98 Å². The molecule has 37 heavy (non-hydrogen) atoms. The minimum absolute atomic E-state index is 0. The Morgan fingerprint density at radius 3 is 2.22 bits per heavy atom. The predicted octanol–water partition coefficient (Wildman–Crippen LogP) is 7.83. The van der Waals surface area contributed by atoms with Gasteiger partial charge in [-0.3, -0.25) is 4.98 Å². The molecule has 0 spiro atoms. The van der Waals surface area contributed by atoms with Gasteiger partial charge in [-0.05, 0) is 38.1 Å². The second-order valence-corrected chi connectivity index (χ2v) is 8.48. The van der Waals surface area contributed by atoms with E-state index in [9.17, 15) is 0 Å². The summed E-state index contributed by atoms with van der Waals surface area (Å²) < 4.78 is 5.69. The molecule has 0 atom stereocenters. The third kappa shape index (κ3) is 5.91. The second-order valence-electron chi connectivity index (χ2n) is 8.48. The molecule has 0 aliphatic rings. The van der Waals surface area contributed by atoms with Gasteiger partial charge < -0.3 is 9.40 Å². The van der Waals surface area contributed by atoms with Crippen molar-refractivity contribution in [2.24, 2.45) is 0 Å². The minimum atomic E-state index is 0. The van der Waals surface area contributed by atoms with Gasteiger partial charge in [0.15, 0.2) is 0 Å². The van der Waals surface area contributed by atoms with E-state index in [0.717, 1.165) is 50.5 Å². The van der Waals surface area contributed by atoms with Crippen molar-refractivity contribution in [3.63, 3.8) is 0 Å². The van der Waals surface area contributed by atoms with Gasteiger partial charge in [-0.15, -0.1) is 65.7 Å². The molecule has 0 aliphatic heterocycles. The van der Waals surface area contributed by atoms with Crippen LogP contribution in [0.25, 0.3) is 44.7 Å². The molecule has 6 rings (SSSR count). The maximum absolute atomic E-state index is 5.69. The predicted molar refractivity (Wildman–Crippen MR) is 144 cm³/mol. The third-order valence-corrected chi connectivity index (χ3v) is 6.01. The standard InChI is InChI=1S/C20H15N2O.C12H10N.Ir/c1-13-14(2)23-20-18(13)19(21-12-22-20)17-10-8-16(9-11-17)15-6-4-3-5-7-15;1-10-6-5-9-12(13-10)11-7-3-2-4-8-11;/h3-10,12H,1-2H3;2-7,9H,1H3;/q2*-1;. The third-order valence-electron chi connectivity index (χ3n) is 6.01. The van der Waals surface area contributed by atoms with Crippen LogP contribution in [-0.4, -0.2) is 15.0 Å². The molecule has 0 bridgehead atoms. The Bertz CT molecular complexity index is 1590. The van der Waals surface area contributed by atoms with Gasteiger partial charge in [-0.1, -0.05) is 53.6 Å². The summed E-state index contributed by atoms with van der Waals surface area (Å²) in [5.74, 6) is 0.877. The second kappa shape index (κ2) is 11.9. The molecule has 5 heteroatoms. The van der Waals surface area contributed by atoms with Crippen molar-refractivity contribution < 1.29 is 24.5 Å². The first-order valence-electron chi connectivity index (χ1n) is 11.8. The molecule has 0 saturated carbocycles. The quantitative estimate of drug-likeness (QED) is 0.182. The number of fused-ring (bicyclic) bond motifs is 1. The van der Waals surface area contributed by atoms with Crippen molar-refractivity contribution in [1.29, 1.82) is 0 Å². The van der Waals surface area contributed by atoms with E-state index in [1.54, 1.807) is 6.33 Å². The maximum atomic E-state index is 5.69. The first-order chi connectivity index (χ1) is 17.6. The molecule has 4 nitrogen and oxygen atoms in total. The van der Waals surface area contributed by atoms with Crippen molar-refractivity contribution in [1.82, 2.24) is 15.0 Å². The number of hydrogen-bond donors (Lipinski definition) is 0. The van der Waals surface area contributed by atoms with E-state index in [-0.39, 0.29) is 20.1 Å². The molecule has 6 aromatic rings. The Morgan fingerprint density at radius 2 is 1.51 bits per heavy atom. The Labute approximate surface area is 230 Å². The van der Waals surface area contributed by atoms with Crippen LogP contribution < -0.4 is 0 Å². The fourth-order valence-electron chi connectivity index (χ4n) is 4.01. The van der Waals surface area contributed by atoms with Crippen LogP contribution in [-0.2, 0) is 20.1 Å². The zero-order valence-electron chi connectivity index (χ0n) is 20.8. The Hall–Kier alpha value is -3.92. The molecule has 0 amide bonds. The van der Waals surface area contributed by atoms with Crippen LogP contribution in [0.2, 0.25) is 0 Å². The molecule has 1 radical (unpaired) electrons. The molecule has 185 valence electrons. The Morgan fingerprint density at radius 1 is 0.703 bits per heavy atom. The van der Waals surface area contributed by atoms with Crippen molar-refractivity contribution in [3.8, 4) is 33.6 Å². The summed E-state index contributed by atoms with van der Waals surface area (Å²) in [6.45, 7) is 5.97. The monoisotopic (exact) mass is 660 g/mol. The average Bonchev–Trinajstić information content (AvgIpc) is 3.23. The SMILES string of the molecule is Cc1cccc(-c2[c-]cccc2)n1.Cc1oc2ncnc(-c3[c-]cc(-c4ccccc4)cc3)c2c1C.[Ir]. The number of aromatic nitrogens is 3. The van der Waals surface area contributed by atoms with Crippen molar-refractivity contribution in [2.45, 2.75) is 20.8 Å². The van der Waals surface area contributed by atoms with Crippen LogP contribution in [0.4, 0.5) is 0 Å². The Kier molecular flexibility index (Phi) is 8.39. The van der Waals surface area contributed by atoms with Crippen LogP contribution in [0.5, 0.6) is 0 Å². The molecule has 0 saturated heterocycles. The van der Waals surface area contributed by atoms with Gasteiger partial charge >= 0.3 is 0 Å². The van der Waals surface area contributed by atoms with Crippen LogP contribution in [0.15, 0.2) is 102 Å². The number of nitrogens with zero attached hydrogens (tertiary/aromatic N) is 3. The maximum Gasteiger partial charge on any atom is 0.220 e. The average molecular weight is 660 g/mol. The van der Waals surface area contributed by atoms with Gasteiger partial charge in [0, 0.05) is 36.9 Å². The van der Waals surface area contributed by atoms with E-state index >= 15 is 0 Å². The fourth-order valence-corrected chi connectivity index (χ4v) is 4.01. The van der Waals surface area contributed by atoms with Gasteiger partial charge in [0.05, 0.1) is 0 Å². The molecule has 0 fully saturated rings.